The third kappa shape index (κ3) is 5.43. The lowest BCUT2D eigenvalue weighted by atomic mass is 9.97. The molecule has 1 aliphatic heterocycles. The number of nitrogens with zero attached hydrogens (tertiary/aromatic N) is 3. The maximum Gasteiger partial charge on any atom is 0.319 e. The lowest BCUT2D eigenvalue weighted by molar-refractivity contribution is -0.0905. The van der Waals surface area contributed by atoms with Gasteiger partial charge in [-0.2, -0.15) is 0 Å². The summed E-state index contributed by atoms with van der Waals surface area (Å²) in [6.07, 6.45) is 6.26. The minimum atomic E-state index is -0.457. The second-order valence-corrected chi connectivity index (χ2v) is 8.67. The van der Waals surface area contributed by atoms with Gasteiger partial charge in [-0.25, -0.2) is 4.79 Å². The van der Waals surface area contributed by atoms with Crippen LogP contribution >= 0.6 is 23.2 Å². The first-order valence-corrected chi connectivity index (χ1v) is 11.0. The third-order valence-electron chi connectivity index (χ3n) is 5.52. The molecule has 10 heteroatoms. The molecular formula is C20H25Cl2N5O3. The van der Waals surface area contributed by atoms with Crippen LogP contribution in [0.5, 0.6) is 0 Å². The topological polar surface area (TPSA) is 101 Å². The first-order chi connectivity index (χ1) is 14.5. The van der Waals surface area contributed by atoms with E-state index in [1.54, 1.807) is 18.2 Å². The Labute approximate surface area is 184 Å². The Bertz CT molecular complexity index is 889. The van der Waals surface area contributed by atoms with E-state index in [0.29, 0.717) is 21.7 Å². The summed E-state index contributed by atoms with van der Waals surface area (Å²) in [6.45, 7) is 0.557. The fraction of sp³-hybridized carbons (Fsp3) is 0.550. The predicted octanol–water partition coefficient (Wildman–Crippen LogP) is 3.58. The number of benzene rings is 1. The van der Waals surface area contributed by atoms with Crippen LogP contribution in [0.2, 0.25) is 10.0 Å². The van der Waals surface area contributed by atoms with Crippen LogP contribution in [-0.4, -0.2) is 51.0 Å². The number of aromatic nitrogens is 3. The summed E-state index contributed by atoms with van der Waals surface area (Å²) in [5, 5.41) is 24.6. The van der Waals surface area contributed by atoms with Crippen molar-refractivity contribution in [2.75, 3.05) is 11.9 Å². The molecule has 0 spiro atoms. The summed E-state index contributed by atoms with van der Waals surface area (Å²) in [5.74, 6) is 0.588. The van der Waals surface area contributed by atoms with Crippen molar-refractivity contribution in [2.45, 2.75) is 62.8 Å². The highest BCUT2D eigenvalue weighted by Crippen LogP contribution is 2.38. The van der Waals surface area contributed by atoms with Crippen molar-refractivity contribution in [1.29, 1.82) is 0 Å². The highest BCUT2D eigenvalue weighted by atomic mass is 35.5. The van der Waals surface area contributed by atoms with E-state index in [1.807, 2.05) is 10.9 Å². The zero-order chi connectivity index (χ0) is 21.1. The number of anilines is 1. The second-order valence-electron chi connectivity index (χ2n) is 7.86. The molecule has 0 unspecified atom stereocenters. The lowest BCUT2D eigenvalue weighted by Gasteiger charge is -2.36. The first-order valence-electron chi connectivity index (χ1n) is 10.2. The van der Waals surface area contributed by atoms with Gasteiger partial charge in [0.2, 0.25) is 0 Å². The number of ether oxygens (including phenoxy) is 1. The van der Waals surface area contributed by atoms with Crippen LogP contribution in [0.3, 0.4) is 0 Å². The van der Waals surface area contributed by atoms with Gasteiger partial charge in [-0.1, -0.05) is 28.4 Å². The number of halogens is 2. The zero-order valence-corrected chi connectivity index (χ0v) is 17.9. The fourth-order valence-corrected chi connectivity index (χ4v) is 3.98. The number of urea groups is 1. The molecule has 4 rings (SSSR count). The van der Waals surface area contributed by atoms with Crippen LogP contribution in [0, 0.1) is 0 Å². The molecule has 3 atom stereocenters. The number of nitrogens with one attached hydrogen (secondary N) is 2. The number of aliphatic hydroxyl groups excluding tert-OH is 1. The molecule has 2 fully saturated rings. The van der Waals surface area contributed by atoms with Gasteiger partial charge in [0.15, 0.2) is 0 Å². The molecule has 2 heterocycles. The van der Waals surface area contributed by atoms with Crippen LogP contribution in [0.1, 0.15) is 43.7 Å². The van der Waals surface area contributed by atoms with Gasteiger partial charge in [-0.05, 0) is 50.3 Å². The summed E-state index contributed by atoms with van der Waals surface area (Å²) in [5.41, 5.74) is 1.61. The summed E-state index contributed by atoms with van der Waals surface area (Å²) in [7, 11) is 0. The van der Waals surface area contributed by atoms with Crippen LogP contribution in [-0.2, 0) is 11.3 Å². The van der Waals surface area contributed by atoms with Gasteiger partial charge in [0, 0.05) is 24.3 Å². The SMILES string of the molecule is O=C(Nc1ccc(Cl)c(Cl)c1)N[C@H]1CC[C@H](CCn2cc(C3CC3)nn2)O[C@@H]1CO. The molecule has 0 bridgehead atoms. The van der Waals surface area contributed by atoms with Crippen LogP contribution < -0.4 is 10.6 Å². The van der Waals surface area contributed by atoms with Crippen molar-refractivity contribution in [3.8, 4) is 0 Å². The Kier molecular flexibility index (Phi) is 6.77. The largest absolute Gasteiger partial charge is 0.394 e. The Morgan fingerprint density at radius 1 is 1.23 bits per heavy atom. The number of aliphatic hydroxyl groups is 1. The van der Waals surface area contributed by atoms with Crippen molar-refractivity contribution in [3.05, 3.63) is 40.1 Å². The molecule has 1 saturated carbocycles. The Morgan fingerprint density at radius 3 is 2.80 bits per heavy atom. The molecule has 2 amide bonds. The predicted molar refractivity (Wildman–Crippen MR) is 114 cm³/mol. The Balaban J connectivity index is 1.25. The van der Waals surface area contributed by atoms with Gasteiger partial charge in [0.05, 0.1) is 34.5 Å². The molecule has 30 heavy (non-hydrogen) atoms. The summed E-state index contributed by atoms with van der Waals surface area (Å²) in [4.78, 5) is 12.3. The van der Waals surface area contributed by atoms with Gasteiger partial charge < -0.3 is 20.5 Å². The molecule has 1 aromatic heterocycles. The molecule has 0 radical (unpaired) electrons. The molecule has 2 aliphatic rings. The number of amides is 2. The number of carbonyl (C=O) groups excluding carboxylic acids is 1. The Morgan fingerprint density at radius 2 is 2.07 bits per heavy atom. The van der Waals surface area contributed by atoms with E-state index in [9.17, 15) is 9.90 Å². The van der Waals surface area contributed by atoms with Gasteiger partial charge in [-0.3, -0.25) is 4.68 Å². The average Bonchev–Trinajstić information content (AvgIpc) is 3.48. The molecular weight excluding hydrogens is 429 g/mol. The standard InChI is InChI=1S/C20H25Cl2N5O3/c21-15-5-3-13(9-16(15)22)23-20(29)24-17-6-4-14(30-19(17)11-28)7-8-27-10-18(25-26-27)12-1-2-12/h3,5,9-10,12,14,17,19,28H,1-2,4,6-8,11H2,(H2,23,24,29)/t14-,17+,19-/m1/s1. The summed E-state index contributed by atoms with van der Waals surface area (Å²) < 4.78 is 7.89. The normalized spacial score (nSPS) is 23.9. The maximum absolute atomic E-state index is 12.3. The molecule has 3 N–H and O–H groups in total. The van der Waals surface area contributed by atoms with Crippen molar-refractivity contribution in [3.63, 3.8) is 0 Å². The molecule has 1 aliphatic carbocycles. The second kappa shape index (κ2) is 9.51. The van der Waals surface area contributed by atoms with Gasteiger partial charge in [0.1, 0.15) is 6.10 Å². The quantitative estimate of drug-likeness (QED) is 0.594. The highest BCUT2D eigenvalue weighted by Gasteiger charge is 2.32. The van der Waals surface area contributed by atoms with E-state index in [4.69, 9.17) is 27.9 Å². The minimum absolute atomic E-state index is 0.00640. The molecule has 162 valence electrons. The maximum atomic E-state index is 12.3. The highest BCUT2D eigenvalue weighted by molar-refractivity contribution is 6.42. The van der Waals surface area contributed by atoms with Crippen molar-refractivity contribution in [1.82, 2.24) is 20.3 Å². The van der Waals surface area contributed by atoms with E-state index < -0.39 is 6.10 Å². The minimum Gasteiger partial charge on any atom is -0.394 e. The summed E-state index contributed by atoms with van der Waals surface area (Å²) >= 11 is 11.9. The van der Waals surface area contributed by atoms with Gasteiger partial charge in [0.25, 0.3) is 0 Å². The smallest absolute Gasteiger partial charge is 0.319 e. The van der Waals surface area contributed by atoms with E-state index in [-0.39, 0.29) is 24.8 Å². The number of hydrogen-bond acceptors (Lipinski definition) is 5. The lowest BCUT2D eigenvalue weighted by Crippen LogP contribution is -2.52. The van der Waals surface area contributed by atoms with Gasteiger partial charge >= 0.3 is 6.03 Å². The summed E-state index contributed by atoms with van der Waals surface area (Å²) in [6, 6.07) is 4.21. The van der Waals surface area contributed by atoms with E-state index in [0.717, 1.165) is 31.5 Å². The number of carbonyl (C=O) groups is 1. The zero-order valence-electron chi connectivity index (χ0n) is 16.4. The van der Waals surface area contributed by atoms with Crippen LogP contribution in [0.15, 0.2) is 24.4 Å². The van der Waals surface area contributed by atoms with Crippen molar-refractivity contribution in [2.24, 2.45) is 0 Å². The molecule has 2 aromatic rings. The number of rotatable bonds is 7. The van der Waals surface area contributed by atoms with E-state index >= 15 is 0 Å². The van der Waals surface area contributed by atoms with Crippen LogP contribution in [0.4, 0.5) is 10.5 Å². The number of hydrogen-bond donors (Lipinski definition) is 3. The average molecular weight is 454 g/mol. The Hall–Kier alpha value is -1.87. The monoisotopic (exact) mass is 453 g/mol. The van der Waals surface area contributed by atoms with Crippen molar-refractivity contribution >= 4 is 34.9 Å². The van der Waals surface area contributed by atoms with Gasteiger partial charge in [-0.15, -0.1) is 5.10 Å². The fourth-order valence-electron chi connectivity index (χ4n) is 3.68. The van der Waals surface area contributed by atoms with E-state index in [2.05, 4.69) is 20.9 Å². The first kappa shape index (κ1) is 21.4. The third-order valence-corrected chi connectivity index (χ3v) is 6.26. The van der Waals surface area contributed by atoms with Crippen LogP contribution in [0.25, 0.3) is 0 Å². The number of aryl methyl sites for hydroxylation is 1. The van der Waals surface area contributed by atoms with Crippen molar-refractivity contribution < 1.29 is 14.6 Å². The molecule has 8 nitrogen and oxygen atoms in total. The van der Waals surface area contributed by atoms with E-state index in [1.165, 1.54) is 12.8 Å². The molecule has 1 aromatic carbocycles. The molecule has 1 saturated heterocycles.